The van der Waals surface area contributed by atoms with Gasteiger partial charge in [-0.1, -0.05) is 39.7 Å². The lowest BCUT2D eigenvalue weighted by Gasteiger charge is -2.18. The molecule has 0 aromatic heterocycles. The summed E-state index contributed by atoms with van der Waals surface area (Å²) in [6, 6.07) is 11.9. The molecule has 0 aliphatic rings. The highest BCUT2D eigenvalue weighted by Gasteiger charge is 2.15. The van der Waals surface area contributed by atoms with Crippen molar-refractivity contribution in [2.45, 2.75) is 19.4 Å². The number of hydrogen-bond donors (Lipinski definition) is 1. The van der Waals surface area contributed by atoms with Crippen molar-refractivity contribution in [3.8, 4) is 11.5 Å². The predicted molar refractivity (Wildman–Crippen MR) is 89.1 cm³/mol. The second-order valence-corrected chi connectivity index (χ2v) is 5.93. The summed E-state index contributed by atoms with van der Waals surface area (Å²) in [6.07, 6.45) is 0.697. The maximum atomic E-state index is 6.38. The fourth-order valence-corrected chi connectivity index (χ4v) is 2.75. The smallest absolute Gasteiger partial charge is 0.124 e. The number of methoxy groups -OCH3 is 2. The first-order valence-corrected chi connectivity index (χ1v) is 7.57. The summed E-state index contributed by atoms with van der Waals surface area (Å²) in [5.41, 5.74) is 9.67. The van der Waals surface area contributed by atoms with Crippen LogP contribution in [0.1, 0.15) is 22.7 Å². The molecule has 0 radical (unpaired) electrons. The lowest BCUT2D eigenvalue weighted by molar-refractivity contribution is 0.400. The molecule has 0 spiro atoms. The minimum absolute atomic E-state index is 0.149. The summed E-state index contributed by atoms with van der Waals surface area (Å²) in [7, 11) is 3.34. The molecule has 0 aliphatic heterocycles. The quantitative estimate of drug-likeness (QED) is 0.886. The molecule has 0 aliphatic carbocycles. The van der Waals surface area contributed by atoms with Crippen LogP contribution in [-0.4, -0.2) is 14.2 Å². The Balaban J connectivity index is 2.30. The fraction of sp³-hybridized carbons (Fsp3) is 0.294. The fourth-order valence-electron chi connectivity index (χ4n) is 2.41. The molecule has 2 rings (SSSR count). The van der Waals surface area contributed by atoms with E-state index in [9.17, 15) is 0 Å². The zero-order chi connectivity index (χ0) is 15.4. The van der Waals surface area contributed by atoms with Crippen LogP contribution >= 0.6 is 15.9 Å². The van der Waals surface area contributed by atoms with E-state index in [1.807, 2.05) is 30.3 Å². The van der Waals surface area contributed by atoms with Gasteiger partial charge >= 0.3 is 0 Å². The maximum absolute atomic E-state index is 6.38. The third-order valence-electron chi connectivity index (χ3n) is 3.47. The van der Waals surface area contributed by atoms with Crippen molar-refractivity contribution in [1.82, 2.24) is 0 Å². The van der Waals surface area contributed by atoms with Gasteiger partial charge in [-0.2, -0.15) is 0 Å². The number of ether oxygens (including phenoxy) is 2. The summed E-state index contributed by atoms with van der Waals surface area (Å²) in [6.45, 7) is 2.06. The molecule has 21 heavy (non-hydrogen) atoms. The van der Waals surface area contributed by atoms with Gasteiger partial charge in [-0.05, 0) is 37.1 Å². The summed E-state index contributed by atoms with van der Waals surface area (Å²) in [4.78, 5) is 0. The zero-order valence-electron chi connectivity index (χ0n) is 12.5. The van der Waals surface area contributed by atoms with Gasteiger partial charge in [0.1, 0.15) is 11.5 Å². The third kappa shape index (κ3) is 3.77. The molecule has 0 heterocycles. The third-order valence-corrected chi connectivity index (χ3v) is 3.96. The highest BCUT2D eigenvalue weighted by atomic mass is 79.9. The topological polar surface area (TPSA) is 44.5 Å². The van der Waals surface area contributed by atoms with Crippen LogP contribution in [-0.2, 0) is 6.42 Å². The Kier molecular flexibility index (Phi) is 5.26. The van der Waals surface area contributed by atoms with Crippen LogP contribution in [0.4, 0.5) is 0 Å². The van der Waals surface area contributed by atoms with Crippen LogP contribution in [0, 0.1) is 6.92 Å². The molecule has 0 saturated carbocycles. The first kappa shape index (κ1) is 15.9. The molecule has 1 unspecified atom stereocenters. The first-order valence-electron chi connectivity index (χ1n) is 6.77. The van der Waals surface area contributed by atoms with Crippen molar-refractivity contribution in [3.63, 3.8) is 0 Å². The Labute approximate surface area is 134 Å². The molecule has 3 nitrogen and oxygen atoms in total. The molecule has 112 valence electrons. The standard InChI is InChI=1S/C17H20BrNO2/c1-11-4-7-16(20-2)12(8-11)9-15(19)14-6-5-13(18)10-17(14)21-3/h4-8,10,15H,9,19H2,1-3H3. The van der Waals surface area contributed by atoms with Crippen molar-refractivity contribution >= 4 is 15.9 Å². The van der Waals surface area contributed by atoms with Gasteiger partial charge in [0, 0.05) is 16.1 Å². The van der Waals surface area contributed by atoms with Crippen molar-refractivity contribution in [1.29, 1.82) is 0 Å². The van der Waals surface area contributed by atoms with Gasteiger partial charge in [0.2, 0.25) is 0 Å². The van der Waals surface area contributed by atoms with Crippen molar-refractivity contribution in [2.24, 2.45) is 5.73 Å². The minimum Gasteiger partial charge on any atom is -0.496 e. The lowest BCUT2D eigenvalue weighted by Crippen LogP contribution is -2.15. The van der Waals surface area contributed by atoms with Crippen molar-refractivity contribution in [2.75, 3.05) is 14.2 Å². The van der Waals surface area contributed by atoms with E-state index in [2.05, 4.69) is 28.9 Å². The predicted octanol–water partition coefficient (Wildman–Crippen LogP) is 4.02. The number of hydrogen-bond acceptors (Lipinski definition) is 3. The lowest BCUT2D eigenvalue weighted by atomic mass is 9.97. The summed E-state index contributed by atoms with van der Waals surface area (Å²) in [5, 5.41) is 0. The van der Waals surface area contributed by atoms with E-state index in [1.165, 1.54) is 5.56 Å². The molecule has 2 N–H and O–H groups in total. The van der Waals surface area contributed by atoms with Gasteiger partial charge in [0.05, 0.1) is 14.2 Å². The van der Waals surface area contributed by atoms with Crippen molar-refractivity contribution in [3.05, 3.63) is 57.6 Å². The maximum Gasteiger partial charge on any atom is 0.124 e. The molecule has 0 fully saturated rings. The molecule has 0 saturated heterocycles. The number of halogens is 1. The average molecular weight is 350 g/mol. The van der Waals surface area contributed by atoms with Gasteiger partial charge in [-0.15, -0.1) is 0 Å². The van der Waals surface area contributed by atoms with E-state index >= 15 is 0 Å². The van der Waals surface area contributed by atoms with Crippen LogP contribution in [0.15, 0.2) is 40.9 Å². The Morgan fingerprint density at radius 2 is 1.76 bits per heavy atom. The Bertz CT molecular complexity index is 628. The highest BCUT2D eigenvalue weighted by Crippen LogP contribution is 2.31. The Morgan fingerprint density at radius 1 is 1.05 bits per heavy atom. The summed E-state index contributed by atoms with van der Waals surface area (Å²) >= 11 is 3.44. The van der Waals surface area contributed by atoms with Crippen LogP contribution < -0.4 is 15.2 Å². The Morgan fingerprint density at radius 3 is 2.43 bits per heavy atom. The van der Waals surface area contributed by atoms with Crippen LogP contribution in [0.2, 0.25) is 0 Å². The molecule has 0 amide bonds. The monoisotopic (exact) mass is 349 g/mol. The molecular formula is C17H20BrNO2. The highest BCUT2D eigenvalue weighted by molar-refractivity contribution is 9.10. The van der Waals surface area contributed by atoms with E-state index in [1.54, 1.807) is 14.2 Å². The molecule has 4 heteroatoms. The van der Waals surface area contributed by atoms with Crippen LogP contribution in [0.5, 0.6) is 11.5 Å². The first-order chi connectivity index (χ1) is 10.0. The normalized spacial score (nSPS) is 12.0. The van der Waals surface area contributed by atoms with Gasteiger partial charge in [-0.3, -0.25) is 0 Å². The molecule has 1 atom stereocenters. The largest absolute Gasteiger partial charge is 0.496 e. The van der Waals surface area contributed by atoms with E-state index in [0.29, 0.717) is 6.42 Å². The number of benzene rings is 2. The zero-order valence-corrected chi connectivity index (χ0v) is 14.1. The second kappa shape index (κ2) is 6.96. The summed E-state index contributed by atoms with van der Waals surface area (Å²) in [5.74, 6) is 1.66. The second-order valence-electron chi connectivity index (χ2n) is 5.01. The van der Waals surface area contributed by atoms with Gasteiger partial charge in [0.15, 0.2) is 0 Å². The molecule has 2 aromatic carbocycles. The number of rotatable bonds is 5. The van der Waals surface area contributed by atoms with E-state index in [4.69, 9.17) is 15.2 Å². The van der Waals surface area contributed by atoms with Gasteiger partial charge in [-0.25, -0.2) is 0 Å². The SMILES string of the molecule is COc1ccc(C)cc1CC(N)c1ccc(Br)cc1OC. The van der Waals surface area contributed by atoms with Crippen LogP contribution in [0.3, 0.4) is 0 Å². The Hall–Kier alpha value is -1.52. The molecular weight excluding hydrogens is 330 g/mol. The van der Waals surface area contributed by atoms with E-state index in [0.717, 1.165) is 27.1 Å². The number of nitrogens with two attached hydrogens (primary N) is 1. The van der Waals surface area contributed by atoms with Crippen molar-refractivity contribution < 1.29 is 9.47 Å². The summed E-state index contributed by atoms with van der Waals surface area (Å²) < 4.78 is 11.8. The van der Waals surface area contributed by atoms with E-state index in [-0.39, 0.29) is 6.04 Å². The van der Waals surface area contributed by atoms with Gasteiger partial charge in [0.25, 0.3) is 0 Å². The molecule has 0 bridgehead atoms. The number of aryl methyl sites for hydroxylation is 1. The van der Waals surface area contributed by atoms with Crippen LogP contribution in [0.25, 0.3) is 0 Å². The van der Waals surface area contributed by atoms with Gasteiger partial charge < -0.3 is 15.2 Å². The minimum atomic E-state index is -0.149. The molecule has 2 aromatic rings. The van der Waals surface area contributed by atoms with E-state index < -0.39 is 0 Å². The average Bonchev–Trinajstić information content (AvgIpc) is 2.47.